The summed E-state index contributed by atoms with van der Waals surface area (Å²) in [7, 11) is 1.65. The minimum Gasteiger partial charge on any atom is -0.497 e. The lowest BCUT2D eigenvalue weighted by Gasteiger charge is -2.19. The predicted octanol–water partition coefficient (Wildman–Crippen LogP) is 1.87. The number of methoxy groups -OCH3 is 1. The van der Waals surface area contributed by atoms with Crippen molar-refractivity contribution in [2.24, 2.45) is 5.73 Å². The highest BCUT2D eigenvalue weighted by Crippen LogP contribution is 2.24. The van der Waals surface area contributed by atoms with Crippen molar-refractivity contribution in [2.75, 3.05) is 33.4 Å². The molecule has 0 aliphatic carbocycles. The van der Waals surface area contributed by atoms with Crippen LogP contribution in [-0.2, 0) is 6.54 Å². The zero-order valence-corrected chi connectivity index (χ0v) is 11.6. The Morgan fingerprint density at radius 2 is 1.94 bits per heavy atom. The Kier molecular flexibility index (Phi) is 6.54. The molecule has 0 unspecified atom stereocenters. The fraction of sp³-hybridized carbons (Fsp3) is 0.571. The van der Waals surface area contributed by atoms with Crippen molar-refractivity contribution in [3.05, 3.63) is 23.8 Å². The topological polar surface area (TPSA) is 47.7 Å². The molecular formula is C14H24N2O2. The van der Waals surface area contributed by atoms with Gasteiger partial charge in [-0.15, -0.1) is 0 Å². The Morgan fingerprint density at radius 3 is 2.50 bits per heavy atom. The number of ether oxygens (including phenoxy) is 2. The summed E-state index contributed by atoms with van der Waals surface area (Å²) in [6.07, 6.45) is 0. The summed E-state index contributed by atoms with van der Waals surface area (Å²) >= 11 is 0. The summed E-state index contributed by atoms with van der Waals surface area (Å²) < 4.78 is 11.0. The van der Waals surface area contributed by atoms with Crippen LogP contribution in [0, 0.1) is 0 Å². The third kappa shape index (κ3) is 4.20. The number of nitrogens with two attached hydrogens (primary N) is 1. The average Bonchev–Trinajstić information content (AvgIpc) is 2.43. The van der Waals surface area contributed by atoms with E-state index in [9.17, 15) is 0 Å². The van der Waals surface area contributed by atoms with Crippen LogP contribution in [0.25, 0.3) is 0 Å². The van der Waals surface area contributed by atoms with Crippen LogP contribution in [-0.4, -0.2) is 38.3 Å². The smallest absolute Gasteiger partial charge is 0.127 e. The number of likely N-dealkylation sites (N-methyl/N-ethyl adjacent to an activating group) is 1. The van der Waals surface area contributed by atoms with Crippen molar-refractivity contribution in [3.63, 3.8) is 0 Å². The van der Waals surface area contributed by atoms with Gasteiger partial charge in [0.2, 0.25) is 0 Å². The second-order valence-corrected chi connectivity index (χ2v) is 4.05. The first-order valence-corrected chi connectivity index (χ1v) is 6.47. The normalized spacial score (nSPS) is 10.7. The maximum absolute atomic E-state index is 5.80. The van der Waals surface area contributed by atoms with Crippen LogP contribution in [0.15, 0.2) is 18.2 Å². The number of rotatable bonds is 8. The molecule has 0 radical (unpaired) electrons. The van der Waals surface area contributed by atoms with E-state index >= 15 is 0 Å². The molecule has 102 valence electrons. The molecule has 0 aromatic heterocycles. The fourth-order valence-corrected chi connectivity index (χ4v) is 1.79. The summed E-state index contributed by atoms with van der Waals surface area (Å²) in [5, 5.41) is 0. The lowest BCUT2D eigenvalue weighted by molar-refractivity contribution is 0.221. The summed E-state index contributed by atoms with van der Waals surface area (Å²) in [5.74, 6) is 1.62. The van der Waals surface area contributed by atoms with Crippen molar-refractivity contribution in [2.45, 2.75) is 20.4 Å². The van der Waals surface area contributed by atoms with Crippen LogP contribution in [0.5, 0.6) is 11.5 Å². The van der Waals surface area contributed by atoms with E-state index in [4.69, 9.17) is 15.2 Å². The quantitative estimate of drug-likeness (QED) is 0.767. The van der Waals surface area contributed by atoms with Crippen LogP contribution in [0.1, 0.15) is 19.4 Å². The molecule has 0 aliphatic rings. The van der Waals surface area contributed by atoms with Gasteiger partial charge in [0, 0.05) is 24.7 Å². The zero-order valence-electron chi connectivity index (χ0n) is 11.6. The largest absolute Gasteiger partial charge is 0.497 e. The molecule has 0 saturated carbocycles. The Bertz CT molecular complexity index is 352. The Balaban J connectivity index is 2.59. The van der Waals surface area contributed by atoms with Crippen molar-refractivity contribution < 1.29 is 9.47 Å². The first kappa shape index (κ1) is 14.8. The van der Waals surface area contributed by atoms with Crippen molar-refractivity contribution in [3.8, 4) is 11.5 Å². The molecular weight excluding hydrogens is 228 g/mol. The minimum atomic E-state index is 0.477. The molecule has 4 heteroatoms. The summed E-state index contributed by atoms with van der Waals surface area (Å²) in [4.78, 5) is 2.32. The van der Waals surface area contributed by atoms with Crippen molar-refractivity contribution in [1.29, 1.82) is 0 Å². The molecule has 2 N–H and O–H groups in total. The van der Waals surface area contributed by atoms with Gasteiger partial charge in [-0.05, 0) is 19.2 Å². The van der Waals surface area contributed by atoms with E-state index in [1.165, 1.54) is 0 Å². The van der Waals surface area contributed by atoms with Gasteiger partial charge in [0.25, 0.3) is 0 Å². The molecule has 18 heavy (non-hydrogen) atoms. The molecule has 0 amide bonds. The number of benzene rings is 1. The minimum absolute atomic E-state index is 0.477. The number of hydrogen-bond acceptors (Lipinski definition) is 4. The van der Waals surface area contributed by atoms with Crippen LogP contribution < -0.4 is 15.2 Å². The molecule has 1 aromatic carbocycles. The van der Waals surface area contributed by atoms with E-state index in [0.717, 1.165) is 36.7 Å². The van der Waals surface area contributed by atoms with Gasteiger partial charge in [0.1, 0.15) is 18.1 Å². The van der Waals surface area contributed by atoms with E-state index in [1.807, 2.05) is 18.2 Å². The molecule has 4 nitrogen and oxygen atoms in total. The molecule has 0 saturated heterocycles. The number of hydrogen-bond donors (Lipinski definition) is 1. The monoisotopic (exact) mass is 252 g/mol. The summed E-state index contributed by atoms with van der Waals surface area (Å²) in [5.41, 5.74) is 6.70. The van der Waals surface area contributed by atoms with Gasteiger partial charge in [-0.1, -0.05) is 19.9 Å². The first-order valence-electron chi connectivity index (χ1n) is 6.47. The van der Waals surface area contributed by atoms with Crippen LogP contribution >= 0.6 is 0 Å². The maximum atomic E-state index is 5.80. The zero-order chi connectivity index (χ0) is 13.4. The third-order valence-corrected chi connectivity index (χ3v) is 3.05. The van der Waals surface area contributed by atoms with Gasteiger partial charge < -0.3 is 20.1 Å². The Morgan fingerprint density at radius 1 is 1.22 bits per heavy atom. The molecule has 0 spiro atoms. The predicted molar refractivity (Wildman–Crippen MR) is 74.2 cm³/mol. The molecule has 1 aromatic rings. The van der Waals surface area contributed by atoms with E-state index in [2.05, 4.69) is 18.7 Å². The van der Waals surface area contributed by atoms with Crippen LogP contribution in [0.2, 0.25) is 0 Å². The first-order chi connectivity index (χ1) is 8.74. The van der Waals surface area contributed by atoms with Gasteiger partial charge in [-0.25, -0.2) is 0 Å². The molecule has 0 heterocycles. The van der Waals surface area contributed by atoms with Crippen molar-refractivity contribution >= 4 is 0 Å². The molecule has 0 bridgehead atoms. The summed E-state index contributed by atoms with van der Waals surface area (Å²) in [6, 6.07) is 5.75. The van der Waals surface area contributed by atoms with Crippen molar-refractivity contribution in [1.82, 2.24) is 4.90 Å². The van der Waals surface area contributed by atoms with Gasteiger partial charge in [-0.2, -0.15) is 0 Å². The molecule has 0 fully saturated rings. The van der Waals surface area contributed by atoms with E-state index in [0.29, 0.717) is 13.2 Å². The average molecular weight is 252 g/mol. The van der Waals surface area contributed by atoms with E-state index in [1.54, 1.807) is 7.11 Å². The highest BCUT2D eigenvalue weighted by Gasteiger charge is 2.05. The lowest BCUT2D eigenvalue weighted by Crippen LogP contribution is -2.28. The molecule has 0 atom stereocenters. The second kappa shape index (κ2) is 7.95. The number of nitrogens with zero attached hydrogens (tertiary/aromatic N) is 1. The van der Waals surface area contributed by atoms with E-state index in [-0.39, 0.29) is 0 Å². The maximum Gasteiger partial charge on any atom is 0.127 e. The highest BCUT2D eigenvalue weighted by molar-refractivity contribution is 5.40. The van der Waals surface area contributed by atoms with Gasteiger partial charge in [0.05, 0.1) is 7.11 Å². The van der Waals surface area contributed by atoms with Gasteiger partial charge in [0.15, 0.2) is 0 Å². The second-order valence-electron chi connectivity index (χ2n) is 4.05. The Labute approximate surface area is 110 Å². The van der Waals surface area contributed by atoms with Gasteiger partial charge >= 0.3 is 0 Å². The molecule has 1 rings (SSSR count). The van der Waals surface area contributed by atoms with Crippen LogP contribution in [0.4, 0.5) is 0 Å². The highest BCUT2D eigenvalue weighted by atomic mass is 16.5. The summed E-state index contributed by atoms with van der Waals surface area (Å²) in [6.45, 7) is 8.46. The van der Waals surface area contributed by atoms with Gasteiger partial charge in [-0.3, -0.25) is 0 Å². The van der Waals surface area contributed by atoms with Crippen LogP contribution in [0.3, 0.4) is 0 Å². The van der Waals surface area contributed by atoms with E-state index < -0.39 is 0 Å². The standard InChI is InChI=1S/C14H24N2O2/c1-4-16(5-2)8-9-18-14-10-13(17-3)7-6-12(14)11-15/h6-7,10H,4-5,8-9,11,15H2,1-3H3. The fourth-order valence-electron chi connectivity index (χ4n) is 1.79. The SMILES string of the molecule is CCN(CC)CCOc1cc(OC)ccc1CN. The third-order valence-electron chi connectivity index (χ3n) is 3.05. The molecule has 0 aliphatic heterocycles. The lowest BCUT2D eigenvalue weighted by atomic mass is 10.2. The Hall–Kier alpha value is -1.26.